The molecule has 0 radical (unpaired) electrons. The molecule has 4 heterocycles. The lowest BCUT2D eigenvalue weighted by Gasteiger charge is -2.36. The summed E-state index contributed by atoms with van der Waals surface area (Å²) >= 11 is 0. The third-order valence-corrected chi connectivity index (χ3v) is 6.90. The van der Waals surface area contributed by atoms with Crippen LogP contribution in [0.25, 0.3) is 10.9 Å². The van der Waals surface area contributed by atoms with Gasteiger partial charge >= 0.3 is 0 Å². The van der Waals surface area contributed by atoms with Gasteiger partial charge in [-0.3, -0.25) is 19.4 Å². The number of amides is 1. The number of fused-ring (bicyclic) bond motifs is 3. The minimum atomic E-state index is -0.334. The maximum Gasteiger partial charge on any atom is 0.269 e. The maximum absolute atomic E-state index is 15.4. The summed E-state index contributed by atoms with van der Waals surface area (Å²) in [7, 11) is 3.55. The summed E-state index contributed by atoms with van der Waals surface area (Å²) in [5, 5.41) is 3.39. The van der Waals surface area contributed by atoms with E-state index in [1.807, 2.05) is 32.2 Å². The largest absolute Gasteiger partial charge is 0.368 e. The van der Waals surface area contributed by atoms with Crippen molar-refractivity contribution in [2.75, 3.05) is 45.2 Å². The molecule has 2 aromatic heterocycles. The van der Waals surface area contributed by atoms with E-state index in [9.17, 15) is 9.59 Å². The molecule has 2 aliphatic heterocycles. The molecule has 0 atom stereocenters. The van der Waals surface area contributed by atoms with Crippen molar-refractivity contribution in [1.29, 1.82) is 0 Å². The van der Waals surface area contributed by atoms with E-state index in [0.29, 0.717) is 36.4 Å². The second-order valence-corrected chi connectivity index (χ2v) is 9.19. The first-order valence-electron chi connectivity index (χ1n) is 11.6. The van der Waals surface area contributed by atoms with Gasteiger partial charge in [-0.15, -0.1) is 0 Å². The van der Waals surface area contributed by atoms with Crippen LogP contribution in [0.1, 0.15) is 32.9 Å². The second kappa shape index (κ2) is 8.81. The lowest BCUT2D eigenvalue weighted by Crippen LogP contribution is -2.46. The highest BCUT2D eigenvalue weighted by atomic mass is 19.1. The van der Waals surface area contributed by atoms with Crippen LogP contribution in [0.2, 0.25) is 0 Å². The predicted octanol–water partition coefficient (Wildman–Crippen LogP) is 2.00. The number of halogens is 1. The van der Waals surface area contributed by atoms with E-state index >= 15 is 4.39 Å². The quantitative estimate of drug-likeness (QED) is 0.615. The average Bonchev–Trinajstić information content (AvgIpc) is 3.24. The molecular formula is C25H29FN6O2. The molecular weight excluding hydrogens is 435 g/mol. The zero-order chi connectivity index (χ0) is 24.0. The standard InChI is InChI=1S/C25H29FN6O2/c1-15-21(7-6-20(28-15)25(34)27-2)32-10-8-31(9-11-32)12-16-4-5-17-18-13-30(3)14-19(18)24(33)29-23(17)22(16)26/h4-7H,8-14H2,1-3H3,(H,27,34)(H,29,33). The van der Waals surface area contributed by atoms with Crippen molar-refractivity contribution in [1.82, 2.24) is 25.1 Å². The van der Waals surface area contributed by atoms with Gasteiger partial charge in [0.05, 0.1) is 16.9 Å². The van der Waals surface area contributed by atoms with E-state index in [2.05, 4.69) is 30.0 Å². The number of carbonyl (C=O) groups is 1. The summed E-state index contributed by atoms with van der Waals surface area (Å²) in [5.74, 6) is -0.533. The Morgan fingerprint density at radius 1 is 1.12 bits per heavy atom. The number of nitrogens with one attached hydrogen (secondary N) is 2. The Bertz CT molecular complexity index is 1330. The van der Waals surface area contributed by atoms with E-state index in [4.69, 9.17) is 0 Å². The molecule has 0 spiro atoms. The highest BCUT2D eigenvalue weighted by Gasteiger charge is 2.25. The number of carbonyl (C=O) groups excluding carboxylic acids is 1. The number of aromatic nitrogens is 2. The first-order chi connectivity index (χ1) is 16.4. The third-order valence-electron chi connectivity index (χ3n) is 6.90. The summed E-state index contributed by atoms with van der Waals surface area (Å²) in [6.45, 7) is 6.78. The summed E-state index contributed by atoms with van der Waals surface area (Å²) in [5.41, 5.74) is 4.63. The zero-order valence-electron chi connectivity index (χ0n) is 19.7. The molecule has 1 saturated heterocycles. The maximum atomic E-state index is 15.4. The predicted molar refractivity (Wildman–Crippen MR) is 130 cm³/mol. The Labute approximate surface area is 197 Å². The fraction of sp³-hybridized carbons (Fsp3) is 0.400. The SMILES string of the molecule is CNC(=O)c1ccc(N2CCN(Cc3ccc4c5c(c(=O)[nH]c4c3F)CN(C)C5)CC2)c(C)n1. The van der Waals surface area contributed by atoms with Gasteiger partial charge < -0.3 is 15.2 Å². The van der Waals surface area contributed by atoms with Crippen molar-refractivity contribution in [2.45, 2.75) is 26.6 Å². The molecule has 5 rings (SSSR count). The minimum absolute atomic E-state index is 0.192. The Kier molecular flexibility index (Phi) is 5.83. The van der Waals surface area contributed by atoms with Gasteiger partial charge in [0.2, 0.25) is 0 Å². The van der Waals surface area contributed by atoms with Crippen LogP contribution in [-0.4, -0.2) is 65.9 Å². The van der Waals surface area contributed by atoms with Gasteiger partial charge in [0.15, 0.2) is 5.82 Å². The minimum Gasteiger partial charge on any atom is -0.368 e. The molecule has 0 unspecified atom stereocenters. The zero-order valence-corrected chi connectivity index (χ0v) is 19.7. The smallest absolute Gasteiger partial charge is 0.269 e. The Morgan fingerprint density at radius 3 is 2.56 bits per heavy atom. The van der Waals surface area contributed by atoms with Crippen molar-refractivity contribution in [2.24, 2.45) is 0 Å². The number of benzene rings is 1. The van der Waals surface area contributed by atoms with Crippen LogP contribution in [0.5, 0.6) is 0 Å². The lowest BCUT2D eigenvalue weighted by atomic mass is 10.0. The molecule has 9 heteroatoms. The number of pyridine rings is 2. The van der Waals surface area contributed by atoms with Crippen molar-refractivity contribution in [3.63, 3.8) is 0 Å². The van der Waals surface area contributed by atoms with Crippen molar-refractivity contribution in [3.05, 3.63) is 68.5 Å². The molecule has 34 heavy (non-hydrogen) atoms. The fourth-order valence-corrected chi connectivity index (χ4v) is 5.08. The molecule has 0 bridgehead atoms. The summed E-state index contributed by atoms with van der Waals surface area (Å²) in [6.07, 6.45) is 0. The molecule has 1 aromatic carbocycles. The Morgan fingerprint density at radius 2 is 1.85 bits per heavy atom. The Balaban J connectivity index is 1.30. The number of anilines is 1. The first-order valence-corrected chi connectivity index (χ1v) is 11.6. The van der Waals surface area contributed by atoms with Gasteiger partial charge in [0.1, 0.15) is 5.69 Å². The number of aryl methyl sites for hydroxylation is 1. The van der Waals surface area contributed by atoms with Crippen LogP contribution in [0.3, 0.4) is 0 Å². The summed E-state index contributed by atoms with van der Waals surface area (Å²) in [4.78, 5) is 38.1. The number of H-pyrrole nitrogens is 1. The molecule has 0 saturated carbocycles. The molecule has 1 amide bonds. The molecule has 1 fully saturated rings. The number of nitrogens with zero attached hydrogens (tertiary/aromatic N) is 4. The molecule has 8 nitrogen and oxygen atoms in total. The topological polar surface area (TPSA) is 84.6 Å². The number of hydrogen-bond acceptors (Lipinski definition) is 6. The first kappa shape index (κ1) is 22.5. The normalized spacial score (nSPS) is 16.8. The van der Waals surface area contributed by atoms with Crippen LogP contribution >= 0.6 is 0 Å². The van der Waals surface area contributed by atoms with E-state index in [1.165, 1.54) is 0 Å². The van der Waals surface area contributed by atoms with Crippen LogP contribution in [0, 0.1) is 12.7 Å². The van der Waals surface area contributed by atoms with Gasteiger partial charge in [-0.2, -0.15) is 0 Å². The third kappa shape index (κ3) is 3.95. The van der Waals surface area contributed by atoms with Crippen LogP contribution < -0.4 is 15.8 Å². The fourth-order valence-electron chi connectivity index (χ4n) is 5.08. The highest BCUT2D eigenvalue weighted by Crippen LogP contribution is 2.29. The van der Waals surface area contributed by atoms with Gasteiger partial charge in [-0.1, -0.05) is 12.1 Å². The number of piperazine rings is 1. The average molecular weight is 465 g/mol. The van der Waals surface area contributed by atoms with E-state index in [-0.39, 0.29) is 17.3 Å². The number of hydrogen-bond donors (Lipinski definition) is 2. The van der Waals surface area contributed by atoms with Crippen molar-refractivity contribution < 1.29 is 9.18 Å². The number of rotatable bonds is 4. The summed E-state index contributed by atoms with van der Waals surface area (Å²) < 4.78 is 15.4. The van der Waals surface area contributed by atoms with Crippen LogP contribution in [-0.2, 0) is 19.6 Å². The van der Waals surface area contributed by atoms with Crippen LogP contribution in [0.15, 0.2) is 29.1 Å². The van der Waals surface area contributed by atoms with Gasteiger partial charge in [-0.05, 0) is 31.7 Å². The molecule has 0 aliphatic carbocycles. The van der Waals surface area contributed by atoms with Crippen LogP contribution in [0.4, 0.5) is 10.1 Å². The highest BCUT2D eigenvalue weighted by molar-refractivity contribution is 5.92. The van der Waals surface area contributed by atoms with E-state index in [1.54, 1.807) is 13.1 Å². The van der Waals surface area contributed by atoms with Gasteiger partial charge in [0.25, 0.3) is 11.5 Å². The molecule has 178 valence electrons. The summed E-state index contributed by atoms with van der Waals surface area (Å²) in [6, 6.07) is 7.48. The second-order valence-electron chi connectivity index (χ2n) is 9.19. The van der Waals surface area contributed by atoms with Crippen molar-refractivity contribution in [3.8, 4) is 0 Å². The molecule has 2 N–H and O–H groups in total. The monoisotopic (exact) mass is 464 g/mol. The van der Waals surface area contributed by atoms with Gasteiger partial charge in [-0.25, -0.2) is 9.37 Å². The van der Waals surface area contributed by atoms with E-state index in [0.717, 1.165) is 54.1 Å². The van der Waals surface area contributed by atoms with E-state index < -0.39 is 0 Å². The van der Waals surface area contributed by atoms with Gasteiger partial charge in [0, 0.05) is 69.4 Å². The molecule has 2 aliphatic rings. The molecule has 3 aromatic rings. The number of aromatic amines is 1. The van der Waals surface area contributed by atoms with Crippen molar-refractivity contribution >= 4 is 22.5 Å². The Hall–Kier alpha value is -3.30. The lowest BCUT2D eigenvalue weighted by molar-refractivity contribution is 0.0958.